The summed E-state index contributed by atoms with van der Waals surface area (Å²) in [7, 11) is 1.48. The predicted octanol–water partition coefficient (Wildman–Crippen LogP) is 4.66. The standard InChI is InChI=1S/C21H20ClN3O6S/c1-28-18-16(24-25-23)17-14(10-29-20(31-17)11-5-3-2-4-6-11)30-21(18)32-15-9-12(22)7-8-13(15)19(26)27/h2-9,14,16-18,20-21H,10H2,1H3,(H,26,27)/t14?,16?,17-,18?,20?,21+/m0/s1. The van der Waals surface area contributed by atoms with Gasteiger partial charge in [0, 0.05) is 27.5 Å². The van der Waals surface area contributed by atoms with Gasteiger partial charge in [0.25, 0.3) is 0 Å². The maximum Gasteiger partial charge on any atom is 0.336 e. The minimum absolute atomic E-state index is 0.0839. The average molecular weight is 478 g/mol. The largest absolute Gasteiger partial charge is 0.478 e. The Balaban J connectivity index is 1.61. The highest BCUT2D eigenvalue weighted by Crippen LogP contribution is 2.42. The van der Waals surface area contributed by atoms with E-state index in [1.54, 1.807) is 6.07 Å². The summed E-state index contributed by atoms with van der Waals surface area (Å²) >= 11 is 7.23. The molecular weight excluding hydrogens is 458 g/mol. The average Bonchev–Trinajstić information content (AvgIpc) is 2.79. The summed E-state index contributed by atoms with van der Waals surface area (Å²) in [4.78, 5) is 15.1. The molecule has 32 heavy (non-hydrogen) atoms. The van der Waals surface area contributed by atoms with Gasteiger partial charge in [-0.15, -0.1) is 0 Å². The number of carbonyl (C=O) groups is 1. The van der Waals surface area contributed by atoms with E-state index in [-0.39, 0.29) is 12.2 Å². The number of nitrogens with zero attached hydrogens (tertiary/aromatic N) is 3. The van der Waals surface area contributed by atoms with Gasteiger partial charge < -0.3 is 24.1 Å². The molecule has 2 aliphatic heterocycles. The van der Waals surface area contributed by atoms with Crippen LogP contribution < -0.4 is 0 Å². The molecule has 2 heterocycles. The number of aromatic carboxylic acids is 1. The number of rotatable bonds is 6. The molecule has 0 saturated carbocycles. The van der Waals surface area contributed by atoms with Gasteiger partial charge in [0.1, 0.15) is 23.7 Å². The van der Waals surface area contributed by atoms with Crippen molar-refractivity contribution in [2.24, 2.45) is 5.11 Å². The first-order chi connectivity index (χ1) is 15.5. The Morgan fingerprint density at radius 2 is 2.06 bits per heavy atom. The fourth-order valence-corrected chi connectivity index (χ4v) is 5.35. The van der Waals surface area contributed by atoms with E-state index in [9.17, 15) is 15.4 Å². The number of carboxylic acids is 1. The van der Waals surface area contributed by atoms with E-state index in [4.69, 9.17) is 30.5 Å². The van der Waals surface area contributed by atoms with Crippen LogP contribution in [0.3, 0.4) is 0 Å². The summed E-state index contributed by atoms with van der Waals surface area (Å²) < 4.78 is 23.8. The van der Waals surface area contributed by atoms with E-state index in [1.807, 2.05) is 30.3 Å². The third-order valence-electron chi connectivity index (χ3n) is 5.26. The minimum Gasteiger partial charge on any atom is -0.478 e. The Bertz CT molecular complexity index is 1020. The van der Waals surface area contributed by atoms with Crippen LogP contribution in [0.1, 0.15) is 22.2 Å². The number of hydrogen-bond acceptors (Lipinski definition) is 7. The third kappa shape index (κ3) is 4.72. The van der Waals surface area contributed by atoms with Gasteiger partial charge in [-0.2, -0.15) is 0 Å². The lowest BCUT2D eigenvalue weighted by atomic mass is 9.96. The van der Waals surface area contributed by atoms with Crippen LogP contribution in [0.4, 0.5) is 0 Å². The Morgan fingerprint density at radius 1 is 1.28 bits per heavy atom. The molecule has 4 unspecified atom stereocenters. The van der Waals surface area contributed by atoms with Crippen LogP contribution in [-0.4, -0.2) is 54.6 Å². The Hall–Kier alpha value is -2.30. The lowest BCUT2D eigenvalue weighted by molar-refractivity contribution is -0.298. The number of halogens is 1. The number of fused-ring (bicyclic) bond motifs is 1. The van der Waals surface area contributed by atoms with E-state index >= 15 is 0 Å². The normalized spacial score (nSPS) is 29.6. The second-order valence-corrected chi connectivity index (χ2v) is 8.76. The monoisotopic (exact) mass is 477 g/mol. The zero-order chi connectivity index (χ0) is 22.7. The van der Waals surface area contributed by atoms with E-state index in [2.05, 4.69) is 10.0 Å². The Labute approximate surface area is 193 Å². The molecule has 2 aromatic rings. The van der Waals surface area contributed by atoms with Crippen molar-refractivity contribution >= 4 is 29.3 Å². The number of thioether (sulfide) groups is 1. The number of methoxy groups -OCH3 is 1. The predicted molar refractivity (Wildman–Crippen MR) is 117 cm³/mol. The molecule has 2 fully saturated rings. The molecular formula is C21H20ClN3O6S. The van der Waals surface area contributed by atoms with Crippen molar-refractivity contribution in [3.05, 3.63) is 75.1 Å². The molecule has 0 amide bonds. The van der Waals surface area contributed by atoms with Gasteiger partial charge in [0.2, 0.25) is 0 Å². The van der Waals surface area contributed by atoms with Crippen LogP contribution in [0, 0.1) is 0 Å². The molecule has 0 spiro atoms. The van der Waals surface area contributed by atoms with Crippen LogP contribution >= 0.6 is 23.4 Å². The lowest BCUT2D eigenvalue weighted by Crippen LogP contribution is -2.60. The molecule has 2 aromatic carbocycles. The second-order valence-electron chi connectivity index (χ2n) is 7.18. The van der Waals surface area contributed by atoms with Crippen molar-refractivity contribution in [1.29, 1.82) is 0 Å². The highest BCUT2D eigenvalue weighted by molar-refractivity contribution is 8.00. The van der Waals surface area contributed by atoms with Crippen LogP contribution in [-0.2, 0) is 18.9 Å². The molecule has 2 saturated heterocycles. The van der Waals surface area contributed by atoms with Gasteiger partial charge >= 0.3 is 5.97 Å². The summed E-state index contributed by atoms with van der Waals surface area (Å²) in [6.07, 6.45) is -2.48. The molecule has 11 heteroatoms. The summed E-state index contributed by atoms with van der Waals surface area (Å²) in [6.45, 7) is 0.205. The molecule has 9 nitrogen and oxygen atoms in total. The van der Waals surface area contributed by atoms with Crippen molar-refractivity contribution in [3.8, 4) is 0 Å². The molecule has 0 bridgehead atoms. The Morgan fingerprint density at radius 3 is 2.75 bits per heavy atom. The first-order valence-corrected chi connectivity index (χ1v) is 11.0. The first kappa shape index (κ1) is 22.9. The smallest absolute Gasteiger partial charge is 0.336 e. The molecule has 168 valence electrons. The molecule has 6 atom stereocenters. The maximum atomic E-state index is 11.7. The molecule has 1 N–H and O–H groups in total. The van der Waals surface area contributed by atoms with Gasteiger partial charge in [0.05, 0.1) is 18.2 Å². The highest BCUT2D eigenvalue weighted by atomic mass is 35.5. The maximum absolute atomic E-state index is 11.7. The quantitative estimate of drug-likeness (QED) is 0.364. The van der Waals surface area contributed by atoms with Gasteiger partial charge in [-0.05, 0) is 23.7 Å². The number of hydrogen-bond donors (Lipinski definition) is 1. The van der Waals surface area contributed by atoms with Crippen molar-refractivity contribution in [3.63, 3.8) is 0 Å². The molecule has 0 aliphatic carbocycles. The number of azide groups is 1. The summed E-state index contributed by atoms with van der Waals surface area (Å²) in [5.74, 6) is -1.09. The zero-order valence-electron chi connectivity index (χ0n) is 16.9. The fourth-order valence-electron chi connectivity index (χ4n) is 3.78. The number of benzene rings is 2. The van der Waals surface area contributed by atoms with Crippen molar-refractivity contribution in [2.75, 3.05) is 13.7 Å². The summed E-state index contributed by atoms with van der Waals surface area (Å²) in [5, 5.41) is 13.9. The third-order valence-corrected chi connectivity index (χ3v) is 6.69. The molecule has 0 radical (unpaired) electrons. The SMILES string of the molecule is COC1C(N=[N+]=[N-])[C@H]2OC(c3ccccc3)OCC2O[C@@H]1Sc1cc(Cl)ccc1C(=O)O. The van der Waals surface area contributed by atoms with Gasteiger partial charge in [-0.25, -0.2) is 4.79 Å². The zero-order valence-corrected chi connectivity index (χ0v) is 18.5. The number of ether oxygens (including phenoxy) is 4. The van der Waals surface area contributed by atoms with Crippen molar-refractivity contribution in [2.45, 2.75) is 41.0 Å². The van der Waals surface area contributed by atoms with E-state index < -0.39 is 42.0 Å². The van der Waals surface area contributed by atoms with Gasteiger partial charge in [-0.1, -0.05) is 58.8 Å². The molecule has 2 aliphatic rings. The Kier molecular flexibility index (Phi) is 7.22. The highest BCUT2D eigenvalue weighted by Gasteiger charge is 2.50. The van der Waals surface area contributed by atoms with Gasteiger partial charge in [-0.3, -0.25) is 0 Å². The number of carboxylic acid groups (broad SMARTS) is 1. The van der Waals surface area contributed by atoms with Crippen LogP contribution in [0.15, 0.2) is 58.5 Å². The van der Waals surface area contributed by atoms with E-state index in [1.165, 1.54) is 19.2 Å². The molecule has 4 rings (SSSR count). The van der Waals surface area contributed by atoms with Crippen LogP contribution in [0.25, 0.3) is 10.4 Å². The van der Waals surface area contributed by atoms with Crippen LogP contribution in [0.5, 0.6) is 0 Å². The summed E-state index contributed by atoms with van der Waals surface area (Å²) in [6, 6.07) is 13.2. The van der Waals surface area contributed by atoms with Crippen molar-refractivity contribution < 1.29 is 28.8 Å². The molecule has 0 aromatic heterocycles. The van der Waals surface area contributed by atoms with E-state index in [0.29, 0.717) is 9.92 Å². The minimum atomic E-state index is -1.09. The topological polar surface area (TPSA) is 123 Å². The van der Waals surface area contributed by atoms with E-state index in [0.717, 1.165) is 17.3 Å². The second kappa shape index (κ2) is 10.1. The van der Waals surface area contributed by atoms with Gasteiger partial charge in [0.15, 0.2) is 6.29 Å². The fraction of sp³-hybridized carbons (Fsp3) is 0.381. The first-order valence-electron chi connectivity index (χ1n) is 9.75. The van der Waals surface area contributed by atoms with Crippen molar-refractivity contribution in [1.82, 2.24) is 0 Å². The summed E-state index contributed by atoms with van der Waals surface area (Å²) in [5.41, 5.74) is 9.44. The lowest BCUT2D eigenvalue weighted by Gasteiger charge is -2.47. The van der Waals surface area contributed by atoms with Crippen LogP contribution in [0.2, 0.25) is 5.02 Å².